The number of aryl methyl sites for hydroxylation is 1. The summed E-state index contributed by atoms with van der Waals surface area (Å²) in [6.45, 7) is 5.91. The summed E-state index contributed by atoms with van der Waals surface area (Å²) in [6.07, 6.45) is 2.20. The highest BCUT2D eigenvalue weighted by molar-refractivity contribution is 5.27. The van der Waals surface area contributed by atoms with Crippen molar-refractivity contribution in [1.82, 2.24) is 5.32 Å². The van der Waals surface area contributed by atoms with E-state index < -0.39 is 0 Å². The van der Waals surface area contributed by atoms with Gasteiger partial charge < -0.3 is 15.8 Å². The second-order valence-electron chi connectivity index (χ2n) is 4.97. The lowest BCUT2D eigenvalue weighted by Gasteiger charge is -2.24. The maximum Gasteiger partial charge on any atom is 0.118 e. The van der Waals surface area contributed by atoms with Crippen molar-refractivity contribution in [3.05, 3.63) is 29.8 Å². The van der Waals surface area contributed by atoms with Crippen LogP contribution in [0.15, 0.2) is 24.3 Å². The lowest BCUT2D eigenvalue weighted by Crippen LogP contribution is -2.46. The molecule has 96 valence electrons. The highest BCUT2D eigenvalue weighted by Gasteiger charge is 2.12. The van der Waals surface area contributed by atoms with Gasteiger partial charge in [0, 0.05) is 12.1 Å². The molecule has 0 aliphatic heterocycles. The third-order valence-electron chi connectivity index (χ3n) is 2.92. The molecule has 0 fully saturated rings. The standard InChI is InChI=1S/C14H24N2O/c1-14(2,11-15)16-10-4-5-12-6-8-13(17-3)9-7-12/h6-9,16H,4-5,10-11,15H2,1-3H3. The van der Waals surface area contributed by atoms with E-state index in [1.807, 2.05) is 12.1 Å². The molecule has 0 radical (unpaired) electrons. The smallest absolute Gasteiger partial charge is 0.118 e. The van der Waals surface area contributed by atoms with Crippen LogP contribution in [-0.4, -0.2) is 25.7 Å². The highest BCUT2D eigenvalue weighted by Crippen LogP contribution is 2.12. The van der Waals surface area contributed by atoms with Crippen molar-refractivity contribution in [2.45, 2.75) is 32.2 Å². The van der Waals surface area contributed by atoms with Crippen LogP contribution in [0.3, 0.4) is 0 Å². The monoisotopic (exact) mass is 236 g/mol. The highest BCUT2D eigenvalue weighted by atomic mass is 16.5. The first-order valence-corrected chi connectivity index (χ1v) is 6.15. The van der Waals surface area contributed by atoms with Gasteiger partial charge in [-0.25, -0.2) is 0 Å². The molecule has 1 rings (SSSR count). The summed E-state index contributed by atoms with van der Waals surface area (Å²) in [6, 6.07) is 8.25. The minimum atomic E-state index is 0.0416. The molecule has 0 saturated carbocycles. The molecule has 0 atom stereocenters. The first-order chi connectivity index (χ1) is 8.07. The van der Waals surface area contributed by atoms with Gasteiger partial charge in [0.05, 0.1) is 7.11 Å². The van der Waals surface area contributed by atoms with Crippen molar-refractivity contribution in [3.63, 3.8) is 0 Å². The first kappa shape index (κ1) is 14.0. The molecular weight excluding hydrogens is 212 g/mol. The predicted molar refractivity (Wildman–Crippen MR) is 72.5 cm³/mol. The largest absolute Gasteiger partial charge is 0.497 e. The second kappa shape index (κ2) is 6.62. The Labute approximate surface area is 104 Å². The summed E-state index contributed by atoms with van der Waals surface area (Å²) in [7, 11) is 1.69. The lowest BCUT2D eigenvalue weighted by molar-refractivity contribution is 0.396. The van der Waals surface area contributed by atoms with E-state index in [0.717, 1.165) is 25.1 Å². The minimum Gasteiger partial charge on any atom is -0.497 e. The van der Waals surface area contributed by atoms with Crippen LogP contribution in [0.4, 0.5) is 0 Å². The molecule has 3 heteroatoms. The van der Waals surface area contributed by atoms with Gasteiger partial charge in [-0.3, -0.25) is 0 Å². The average Bonchev–Trinajstić information content (AvgIpc) is 2.35. The number of methoxy groups -OCH3 is 1. The van der Waals surface area contributed by atoms with E-state index in [1.165, 1.54) is 5.56 Å². The second-order valence-corrected chi connectivity index (χ2v) is 4.97. The Morgan fingerprint density at radius 1 is 1.24 bits per heavy atom. The zero-order chi connectivity index (χ0) is 12.7. The fourth-order valence-electron chi connectivity index (χ4n) is 1.58. The number of benzene rings is 1. The normalized spacial score (nSPS) is 11.5. The Morgan fingerprint density at radius 3 is 2.41 bits per heavy atom. The zero-order valence-electron chi connectivity index (χ0n) is 11.1. The summed E-state index contributed by atoms with van der Waals surface area (Å²) in [4.78, 5) is 0. The van der Waals surface area contributed by atoms with Gasteiger partial charge in [0.1, 0.15) is 5.75 Å². The molecule has 17 heavy (non-hydrogen) atoms. The number of hydrogen-bond donors (Lipinski definition) is 2. The molecule has 0 aromatic heterocycles. The van der Waals surface area contributed by atoms with E-state index in [9.17, 15) is 0 Å². The van der Waals surface area contributed by atoms with Gasteiger partial charge in [-0.2, -0.15) is 0 Å². The van der Waals surface area contributed by atoms with E-state index in [-0.39, 0.29) is 5.54 Å². The van der Waals surface area contributed by atoms with Crippen LogP contribution in [0.1, 0.15) is 25.8 Å². The summed E-state index contributed by atoms with van der Waals surface area (Å²) in [5.41, 5.74) is 7.04. The molecule has 0 heterocycles. The van der Waals surface area contributed by atoms with Crippen LogP contribution in [0, 0.1) is 0 Å². The van der Waals surface area contributed by atoms with E-state index in [4.69, 9.17) is 10.5 Å². The molecule has 1 aromatic rings. The minimum absolute atomic E-state index is 0.0416. The number of nitrogens with one attached hydrogen (secondary N) is 1. The maximum atomic E-state index is 5.66. The average molecular weight is 236 g/mol. The van der Waals surface area contributed by atoms with Gasteiger partial charge in [0.25, 0.3) is 0 Å². The Kier molecular flexibility index (Phi) is 5.45. The summed E-state index contributed by atoms with van der Waals surface area (Å²) in [5.74, 6) is 0.913. The molecule has 0 saturated heterocycles. The SMILES string of the molecule is COc1ccc(CCCNC(C)(C)CN)cc1. The van der Waals surface area contributed by atoms with Crippen molar-refractivity contribution in [2.24, 2.45) is 5.73 Å². The molecule has 0 aliphatic carbocycles. The molecule has 0 bridgehead atoms. The van der Waals surface area contributed by atoms with Crippen molar-refractivity contribution < 1.29 is 4.74 Å². The maximum absolute atomic E-state index is 5.66. The van der Waals surface area contributed by atoms with Gasteiger partial charge in [-0.15, -0.1) is 0 Å². The van der Waals surface area contributed by atoms with Gasteiger partial charge in [-0.1, -0.05) is 12.1 Å². The molecule has 0 spiro atoms. The Morgan fingerprint density at radius 2 is 1.88 bits per heavy atom. The van der Waals surface area contributed by atoms with Crippen molar-refractivity contribution in [3.8, 4) is 5.75 Å². The van der Waals surface area contributed by atoms with Crippen LogP contribution in [-0.2, 0) is 6.42 Å². The number of nitrogens with two attached hydrogens (primary N) is 1. The fourth-order valence-corrected chi connectivity index (χ4v) is 1.58. The Hall–Kier alpha value is -1.06. The van der Waals surface area contributed by atoms with Crippen LogP contribution in [0.2, 0.25) is 0 Å². The van der Waals surface area contributed by atoms with Gasteiger partial charge in [0.15, 0.2) is 0 Å². The van der Waals surface area contributed by atoms with Crippen LogP contribution < -0.4 is 15.8 Å². The Bertz CT molecular complexity index is 319. The number of rotatable bonds is 7. The molecule has 3 N–H and O–H groups in total. The first-order valence-electron chi connectivity index (χ1n) is 6.15. The zero-order valence-corrected chi connectivity index (χ0v) is 11.1. The van der Waals surface area contributed by atoms with Crippen molar-refractivity contribution in [1.29, 1.82) is 0 Å². The van der Waals surface area contributed by atoms with E-state index in [0.29, 0.717) is 6.54 Å². The van der Waals surface area contributed by atoms with E-state index in [1.54, 1.807) is 7.11 Å². The summed E-state index contributed by atoms with van der Waals surface area (Å²) < 4.78 is 5.13. The van der Waals surface area contributed by atoms with E-state index >= 15 is 0 Å². The third kappa shape index (κ3) is 5.20. The van der Waals surface area contributed by atoms with Crippen LogP contribution >= 0.6 is 0 Å². The quantitative estimate of drug-likeness (QED) is 0.711. The van der Waals surface area contributed by atoms with Gasteiger partial charge >= 0.3 is 0 Å². The predicted octanol–water partition coefficient (Wildman–Crippen LogP) is 1.95. The third-order valence-corrected chi connectivity index (χ3v) is 2.92. The van der Waals surface area contributed by atoms with Gasteiger partial charge in [-0.05, 0) is 50.9 Å². The molecule has 1 aromatic carbocycles. The van der Waals surface area contributed by atoms with Crippen molar-refractivity contribution >= 4 is 0 Å². The Balaban J connectivity index is 2.26. The summed E-state index contributed by atoms with van der Waals surface area (Å²) in [5, 5.41) is 3.45. The van der Waals surface area contributed by atoms with Crippen LogP contribution in [0.25, 0.3) is 0 Å². The van der Waals surface area contributed by atoms with E-state index in [2.05, 4.69) is 31.3 Å². The molecular formula is C14H24N2O. The fraction of sp³-hybridized carbons (Fsp3) is 0.571. The number of hydrogen-bond acceptors (Lipinski definition) is 3. The summed E-state index contributed by atoms with van der Waals surface area (Å²) >= 11 is 0. The lowest BCUT2D eigenvalue weighted by atomic mass is 10.1. The van der Waals surface area contributed by atoms with Gasteiger partial charge in [0.2, 0.25) is 0 Å². The molecule has 0 aliphatic rings. The topological polar surface area (TPSA) is 47.3 Å². The molecule has 0 unspecified atom stereocenters. The van der Waals surface area contributed by atoms with Crippen molar-refractivity contribution in [2.75, 3.05) is 20.2 Å². The molecule has 3 nitrogen and oxygen atoms in total. The molecule has 0 amide bonds. The number of ether oxygens (including phenoxy) is 1. The van der Waals surface area contributed by atoms with Crippen LogP contribution in [0.5, 0.6) is 5.75 Å².